The highest BCUT2D eigenvalue weighted by molar-refractivity contribution is 7.93. The maximum atomic E-state index is 13.8. The second-order valence-corrected chi connectivity index (χ2v) is 10.7. The summed E-state index contributed by atoms with van der Waals surface area (Å²) in [7, 11) is -2.44. The van der Waals surface area contributed by atoms with E-state index in [1.807, 2.05) is 20.8 Å². The van der Waals surface area contributed by atoms with Crippen molar-refractivity contribution >= 4 is 21.6 Å². The normalized spacial score (nSPS) is 12.9. The highest BCUT2D eigenvalue weighted by Gasteiger charge is 2.43. The summed E-state index contributed by atoms with van der Waals surface area (Å²) in [6.45, 7) is 10.1. The van der Waals surface area contributed by atoms with Crippen molar-refractivity contribution in [2.24, 2.45) is 7.05 Å². The van der Waals surface area contributed by atoms with Gasteiger partial charge in [0.05, 0.1) is 10.6 Å². The number of hydrogen-bond acceptors (Lipinski definition) is 4. The molecule has 0 radical (unpaired) electrons. The van der Waals surface area contributed by atoms with Gasteiger partial charge >= 0.3 is 0 Å². The summed E-state index contributed by atoms with van der Waals surface area (Å²) in [5.41, 5.74) is 0.879. The predicted octanol–water partition coefficient (Wildman–Crippen LogP) is 3.36. The lowest BCUT2D eigenvalue weighted by atomic mass is 9.92. The molecule has 1 aromatic heterocycles. The van der Waals surface area contributed by atoms with Crippen molar-refractivity contribution in [3.63, 3.8) is 0 Å². The van der Waals surface area contributed by atoms with E-state index in [2.05, 4.69) is 10.4 Å². The molecule has 6 nitrogen and oxygen atoms in total. The lowest BCUT2D eigenvalue weighted by molar-refractivity contribution is -0.117. The molecule has 0 unspecified atom stereocenters. The number of nitrogens with zero attached hydrogens (tertiary/aromatic N) is 2. The first-order valence-corrected chi connectivity index (χ1v) is 10.0. The molecule has 0 saturated carbocycles. The summed E-state index contributed by atoms with van der Waals surface area (Å²) in [6.07, 6.45) is 0. The van der Waals surface area contributed by atoms with E-state index in [-0.39, 0.29) is 10.3 Å². The van der Waals surface area contributed by atoms with Crippen molar-refractivity contribution < 1.29 is 17.6 Å². The van der Waals surface area contributed by atoms with Crippen molar-refractivity contribution in [2.45, 2.75) is 56.6 Å². The molecule has 0 spiro atoms. The SMILES string of the molecule is Cc1ccc(S(=O)(=O)C(C)(C)C(=O)Nc2cc(C(C)(C)C)nn2C)cc1F. The maximum Gasteiger partial charge on any atom is 0.246 e. The van der Waals surface area contributed by atoms with Crippen LogP contribution in [0.5, 0.6) is 0 Å². The third-order valence-corrected chi connectivity index (χ3v) is 6.97. The van der Waals surface area contributed by atoms with Crippen LogP contribution in [0.3, 0.4) is 0 Å². The minimum atomic E-state index is -4.11. The number of amides is 1. The quantitative estimate of drug-likeness (QED) is 0.861. The van der Waals surface area contributed by atoms with Crippen LogP contribution in [0.15, 0.2) is 29.2 Å². The monoisotopic (exact) mass is 395 g/mol. The van der Waals surface area contributed by atoms with Crippen LogP contribution in [0.1, 0.15) is 45.9 Å². The van der Waals surface area contributed by atoms with Gasteiger partial charge in [-0.2, -0.15) is 5.10 Å². The first-order chi connectivity index (χ1) is 12.2. The van der Waals surface area contributed by atoms with Gasteiger partial charge in [-0.25, -0.2) is 12.8 Å². The second-order valence-electron chi connectivity index (χ2n) is 8.17. The zero-order valence-electron chi connectivity index (χ0n) is 16.7. The highest BCUT2D eigenvalue weighted by Crippen LogP contribution is 2.29. The van der Waals surface area contributed by atoms with Gasteiger partial charge in [0.15, 0.2) is 9.84 Å². The van der Waals surface area contributed by atoms with E-state index >= 15 is 0 Å². The van der Waals surface area contributed by atoms with Gasteiger partial charge in [0.2, 0.25) is 5.91 Å². The van der Waals surface area contributed by atoms with Crippen molar-refractivity contribution in [3.05, 3.63) is 41.3 Å². The van der Waals surface area contributed by atoms with E-state index in [1.165, 1.54) is 30.7 Å². The van der Waals surface area contributed by atoms with Crippen LogP contribution in [0.25, 0.3) is 0 Å². The highest BCUT2D eigenvalue weighted by atomic mass is 32.2. The first-order valence-electron chi connectivity index (χ1n) is 8.54. The molecule has 0 saturated heterocycles. The minimum Gasteiger partial charge on any atom is -0.310 e. The Hall–Kier alpha value is -2.22. The van der Waals surface area contributed by atoms with Gasteiger partial charge in [-0.15, -0.1) is 0 Å². The van der Waals surface area contributed by atoms with Gasteiger partial charge in [-0.3, -0.25) is 9.48 Å². The number of benzene rings is 1. The largest absolute Gasteiger partial charge is 0.310 e. The van der Waals surface area contributed by atoms with Crippen molar-refractivity contribution in [1.29, 1.82) is 0 Å². The lowest BCUT2D eigenvalue weighted by Gasteiger charge is -2.24. The predicted molar refractivity (Wildman–Crippen MR) is 103 cm³/mol. The van der Waals surface area contributed by atoms with E-state index in [1.54, 1.807) is 20.0 Å². The van der Waals surface area contributed by atoms with E-state index in [0.717, 1.165) is 11.8 Å². The molecule has 1 N–H and O–H groups in total. The van der Waals surface area contributed by atoms with Crippen molar-refractivity contribution in [1.82, 2.24) is 9.78 Å². The average Bonchev–Trinajstić information content (AvgIpc) is 2.90. The molecular formula is C19H26FN3O3S. The van der Waals surface area contributed by atoms with Gasteiger partial charge in [-0.1, -0.05) is 26.8 Å². The summed E-state index contributed by atoms with van der Waals surface area (Å²) in [5.74, 6) is -0.955. The number of sulfone groups is 1. The summed E-state index contributed by atoms with van der Waals surface area (Å²) >= 11 is 0. The molecule has 1 aromatic carbocycles. The Labute approximate surface area is 159 Å². The van der Waals surface area contributed by atoms with Crippen LogP contribution in [0.2, 0.25) is 0 Å². The molecule has 0 atom stereocenters. The Kier molecular flexibility index (Phi) is 5.27. The molecule has 2 aromatic rings. The van der Waals surface area contributed by atoms with Crippen LogP contribution in [0, 0.1) is 12.7 Å². The molecule has 0 bridgehead atoms. The molecule has 0 aliphatic heterocycles. The van der Waals surface area contributed by atoms with Gasteiger partial charge in [-0.05, 0) is 38.5 Å². The van der Waals surface area contributed by atoms with Crippen molar-refractivity contribution in [2.75, 3.05) is 5.32 Å². The number of anilines is 1. The van der Waals surface area contributed by atoms with Crippen LogP contribution in [-0.4, -0.2) is 28.9 Å². The van der Waals surface area contributed by atoms with Gasteiger partial charge in [0.1, 0.15) is 16.4 Å². The molecule has 1 amide bonds. The standard InChI is InChI=1S/C19H26FN3O3S/c1-12-8-9-13(10-14(12)20)27(25,26)19(5,6)17(24)21-16-11-15(18(2,3)4)22-23(16)7/h8-11H,1-7H3,(H,21,24). The van der Waals surface area contributed by atoms with Crippen LogP contribution in [0.4, 0.5) is 10.2 Å². The van der Waals surface area contributed by atoms with E-state index < -0.39 is 26.3 Å². The fourth-order valence-electron chi connectivity index (χ4n) is 2.37. The Morgan fingerprint density at radius 3 is 2.22 bits per heavy atom. The molecule has 0 aliphatic carbocycles. The smallest absolute Gasteiger partial charge is 0.246 e. The molecule has 27 heavy (non-hydrogen) atoms. The third kappa shape index (κ3) is 3.90. The Bertz CT molecular complexity index is 986. The van der Waals surface area contributed by atoms with E-state index in [4.69, 9.17) is 0 Å². The number of halogens is 1. The molecule has 0 fully saturated rings. The molecule has 0 aliphatic rings. The van der Waals surface area contributed by atoms with Crippen LogP contribution in [-0.2, 0) is 27.1 Å². The third-order valence-electron chi connectivity index (χ3n) is 4.56. The fourth-order valence-corrected chi connectivity index (χ4v) is 3.77. The number of aryl methyl sites for hydroxylation is 2. The zero-order chi connectivity index (χ0) is 20.8. The summed E-state index contributed by atoms with van der Waals surface area (Å²) in [6, 6.07) is 5.35. The van der Waals surface area contributed by atoms with Gasteiger partial charge < -0.3 is 5.32 Å². The van der Waals surface area contributed by atoms with Gasteiger partial charge in [0.25, 0.3) is 0 Å². The van der Waals surface area contributed by atoms with Crippen LogP contribution >= 0.6 is 0 Å². The van der Waals surface area contributed by atoms with Crippen LogP contribution < -0.4 is 5.32 Å². The topological polar surface area (TPSA) is 81.1 Å². The molecule has 2 rings (SSSR count). The second kappa shape index (κ2) is 6.74. The average molecular weight is 396 g/mol. The number of carbonyl (C=O) groups is 1. The molecule has 148 valence electrons. The summed E-state index contributed by atoms with van der Waals surface area (Å²) < 4.78 is 39.4. The van der Waals surface area contributed by atoms with Crippen molar-refractivity contribution in [3.8, 4) is 0 Å². The Morgan fingerprint density at radius 2 is 1.74 bits per heavy atom. The first kappa shape index (κ1) is 21.1. The fraction of sp³-hybridized carbons (Fsp3) is 0.474. The number of nitrogens with one attached hydrogen (secondary N) is 1. The molecule has 8 heteroatoms. The Morgan fingerprint density at radius 1 is 1.15 bits per heavy atom. The Balaban J connectivity index is 2.37. The summed E-state index contributed by atoms with van der Waals surface area (Å²) in [5, 5.41) is 7.00. The minimum absolute atomic E-state index is 0.220. The number of rotatable bonds is 4. The maximum absolute atomic E-state index is 13.8. The molecule has 1 heterocycles. The van der Waals surface area contributed by atoms with Gasteiger partial charge in [0, 0.05) is 18.5 Å². The summed E-state index contributed by atoms with van der Waals surface area (Å²) in [4.78, 5) is 12.6. The number of carbonyl (C=O) groups excluding carboxylic acids is 1. The number of aromatic nitrogens is 2. The van der Waals surface area contributed by atoms with E-state index in [9.17, 15) is 17.6 Å². The lowest BCUT2D eigenvalue weighted by Crippen LogP contribution is -2.44. The molecular weight excluding hydrogens is 369 g/mol. The zero-order valence-corrected chi connectivity index (χ0v) is 17.5. The number of hydrogen-bond donors (Lipinski definition) is 1. The van der Waals surface area contributed by atoms with E-state index in [0.29, 0.717) is 11.4 Å².